The van der Waals surface area contributed by atoms with Crippen molar-refractivity contribution in [2.75, 3.05) is 17.2 Å². The lowest BCUT2D eigenvalue weighted by Gasteiger charge is -2.08. The second kappa shape index (κ2) is 7.04. The third-order valence-electron chi connectivity index (χ3n) is 2.71. The molecule has 1 amide bonds. The molecule has 0 aliphatic heterocycles. The van der Waals surface area contributed by atoms with E-state index >= 15 is 0 Å². The minimum atomic E-state index is -0.996. The minimum absolute atomic E-state index is 0.186. The lowest BCUT2D eigenvalue weighted by Crippen LogP contribution is -2.16. The Morgan fingerprint density at radius 2 is 1.86 bits per heavy atom. The van der Waals surface area contributed by atoms with E-state index in [1.807, 2.05) is 6.07 Å². The molecule has 0 radical (unpaired) electrons. The van der Waals surface area contributed by atoms with E-state index in [9.17, 15) is 13.6 Å². The Morgan fingerprint density at radius 3 is 2.57 bits per heavy atom. The van der Waals surface area contributed by atoms with Gasteiger partial charge in [-0.15, -0.1) is 0 Å². The van der Waals surface area contributed by atoms with Gasteiger partial charge in [-0.2, -0.15) is 0 Å². The van der Waals surface area contributed by atoms with Gasteiger partial charge in [0.1, 0.15) is 0 Å². The molecule has 0 saturated carbocycles. The fraction of sp³-hybridized carbons (Fsp3) is 0.133. The van der Waals surface area contributed by atoms with Crippen LogP contribution >= 0.6 is 11.6 Å². The monoisotopic (exact) mass is 310 g/mol. The Labute approximate surface area is 125 Å². The maximum Gasteiger partial charge on any atom is 0.226 e. The van der Waals surface area contributed by atoms with Crippen molar-refractivity contribution >= 4 is 28.9 Å². The van der Waals surface area contributed by atoms with Gasteiger partial charge in [0.05, 0.1) is 0 Å². The molecule has 0 heterocycles. The summed E-state index contributed by atoms with van der Waals surface area (Å²) in [6.45, 7) is 0.399. The van der Waals surface area contributed by atoms with E-state index in [1.54, 1.807) is 18.2 Å². The van der Waals surface area contributed by atoms with Gasteiger partial charge >= 0.3 is 0 Å². The summed E-state index contributed by atoms with van der Waals surface area (Å²) < 4.78 is 25.7. The highest BCUT2D eigenvalue weighted by atomic mass is 35.5. The molecule has 0 aromatic heterocycles. The zero-order valence-corrected chi connectivity index (χ0v) is 11.8. The number of amides is 1. The van der Waals surface area contributed by atoms with E-state index in [0.29, 0.717) is 11.6 Å². The molecule has 0 unspecified atom stereocenters. The normalized spacial score (nSPS) is 10.2. The third-order valence-corrected chi connectivity index (χ3v) is 2.94. The molecule has 0 spiro atoms. The second-order valence-corrected chi connectivity index (χ2v) is 4.80. The Balaban J connectivity index is 1.81. The SMILES string of the molecule is O=C(CCNc1cccc(Cl)c1)Nc1ccc(F)c(F)c1. The van der Waals surface area contributed by atoms with Crippen LogP contribution in [-0.4, -0.2) is 12.5 Å². The van der Waals surface area contributed by atoms with Crippen LogP contribution in [0.5, 0.6) is 0 Å². The van der Waals surface area contributed by atoms with Gasteiger partial charge in [0, 0.05) is 35.4 Å². The van der Waals surface area contributed by atoms with Crippen LogP contribution in [0, 0.1) is 11.6 Å². The molecule has 6 heteroatoms. The van der Waals surface area contributed by atoms with Crippen LogP contribution in [0.15, 0.2) is 42.5 Å². The first kappa shape index (κ1) is 15.3. The maximum absolute atomic E-state index is 13.0. The number of halogens is 3. The number of carbonyl (C=O) groups excluding carboxylic acids is 1. The number of anilines is 2. The Kier molecular flexibility index (Phi) is 5.11. The molecule has 110 valence electrons. The fourth-order valence-corrected chi connectivity index (χ4v) is 1.91. The average molecular weight is 311 g/mol. The summed E-state index contributed by atoms with van der Waals surface area (Å²) >= 11 is 5.84. The van der Waals surface area contributed by atoms with E-state index in [-0.39, 0.29) is 18.0 Å². The molecule has 2 aromatic rings. The number of hydrogen-bond donors (Lipinski definition) is 2. The summed E-state index contributed by atoms with van der Waals surface area (Å²) in [5.74, 6) is -2.24. The largest absolute Gasteiger partial charge is 0.384 e. The quantitative estimate of drug-likeness (QED) is 0.874. The highest BCUT2D eigenvalue weighted by molar-refractivity contribution is 6.30. The summed E-state index contributed by atoms with van der Waals surface area (Å²) in [5, 5.41) is 6.14. The highest BCUT2D eigenvalue weighted by Gasteiger charge is 2.06. The van der Waals surface area contributed by atoms with Crippen molar-refractivity contribution < 1.29 is 13.6 Å². The zero-order chi connectivity index (χ0) is 15.2. The molecule has 21 heavy (non-hydrogen) atoms. The summed E-state index contributed by atoms with van der Waals surface area (Å²) in [7, 11) is 0. The lowest BCUT2D eigenvalue weighted by atomic mass is 10.2. The van der Waals surface area contributed by atoms with Gasteiger partial charge in [-0.3, -0.25) is 4.79 Å². The summed E-state index contributed by atoms with van der Waals surface area (Å²) in [6.07, 6.45) is 0.186. The number of carbonyl (C=O) groups is 1. The highest BCUT2D eigenvalue weighted by Crippen LogP contribution is 2.15. The zero-order valence-electron chi connectivity index (χ0n) is 11.0. The van der Waals surface area contributed by atoms with E-state index < -0.39 is 11.6 Å². The molecule has 0 saturated heterocycles. The second-order valence-electron chi connectivity index (χ2n) is 4.36. The number of hydrogen-bond acceptors (Lipinski definition) is 2. The predicted molar refractivity (Wildman–Crippen MR) is 79.5 cm³/mol. The Bertz CT molecular complexity index is 649. The number of benzene rings is 2. The van der Waals surface area contributed by atoms with Crippen LogP contribution in [0.3, 0.4) is 0 Å². The number of rotatable bonds is 5. The first-order valence-corrected chi connectivity index (χ1v) is 6.67. The van der Waals surface area contributed by atoms with Crippen LogP contribution in [0.2, 0.25) is 5.02 Å². The van der Waals surface area contributed by atoms with Crippen molar-refractivity contribution in [3.63, 3.8) is 0 Å². The van der Waals surface area contributed by atoms with E-state index in [2.05, 4.69) is 10.6 Å². The van der Waals surface area contributed by atoms with Crippen LogP contribution in [0.1, 0.15) is 6.42 Å². The van der Waals surface area contributed by atoms with Crippen molar-refractivity contribution in [2.24, 2.45) is 0 Å². The van der Waals surface area contributed by atoms with Crippen LogP contribution in [0.4, 0.5) is 20.2 Å². The Morgan fingerprint density at radius 1 is 1.05 bits per heavy atom. The topological polar surface area (TPSA) is 41.1 Å². The lowest BCUT2D eigenvalue weighted by molar-refractivity contribution is -0.115. The predicted octanol–water partition coefficient (Wildman–Crippen LogP) is 4.06. The van der Waals surface area contributed by atoms with Crippen molar-refractivity contribution in [1.82, 2.24) is 0 Å². The van der Waals surface area contributed by atoms with Crippen LogP contribution in [0.25, 0.3) is 0 Å². The third kappa shape index (κ3) is 4.72. The van der Waals surface area contributed by atoms with Gasteiger partial charge in [0.25, 0.3) is 0 Å². The smallest absolute Gasteiger partial charge is 0.226 e. The molecule has 0 bridgehead atoms. The Hall–Kier alpha value is -2.14. The maximum atomic E-state index is 13.0. The first-order chi connectivity index (χ1) is 10.0. The fourth-order valence-electron chi connectivity index (χ4n) is 1.72. The van der Waals surface area contributed by atoms with Crippen molar-refractivity contribution in [3.8, 4) is 0 Å². The summed E-state index contributed by atoms with van der Waals surface area (Å²) in [6, 6.07) is 10.3. The van der Waals surface area contributed by atoms with Crippen molar-refractivity contribution in [1.29, 1.82) is 0 Å². The van der Waals surface area contributed by atoms with E-state index in [4.69, 9.17) is 11.6 Å². The standard InChI is InChI=1S/C15H13ClF2N2O/c16-10-2-1-3-11(8-10)19-7-6-15(21)20-12-4-5-13(17)14(18)9-12/h1-5,8-9,19H,6-7H2,(H,20,21). The molecule has 0 atom stereocenters. The van der Waals surface area contributed by atoms with Gasteiger partial charge < -0.3 is 10.6 Å². The molecule has 2 rings (SSSR count). The summed E-state index contributed by atoms with van der Waals surface area (Å²) in [4.78, 5) is 11.7. The van der Waals surface area contributed by atoms with Crippen molar-refractivity contribution in [2.45, 2.75) is 6.42 Å². The molecule has 2 aromatic carbocycles. The van der Waals surface area contributed by atoms with Gasteiger partial charge in [0.15, 0.2) is 11.6 Å². The molecule has 0 aliphatic carbocycles. The van der Waals surface area contributed by atoms with Gasteiger partial charge in [0.2, 0.25) is 5.91 Å². The van der Waals surface area contributed by atoms with E-state index in [1.165, 1.54) is 6.07 Å². The summed E-state index contributed by atoms with van der Waals surface area (Å²) in [5.41, 5.74) is 1.03. The number of nitrogens with one attached hydrogen (secondary N) is 2. The molecule has 2 N–H and O–H groups in total. The molecule has 0 aliphatic rings. The van der Waals surface area contributed by atoms with Crippen molar-refractivity contribution in [3.05, 3.63) is 59.1 Å². The van der Waals surface area contributed by atoms with Gasteiger partial charge in [-0.25, -0.2) is 8.78 Å². The van der Waals surface area contributed by atoms with Gasteiger partial charge in [-0.05, 0) is 30.3 Å². The minimum Gasteiger partial charge on any atom is -0.384 e. The van der Waals surface area contributed by atoms with Crippen LogP contribution < -0.4 is 10.6 Å². The first-order valence-electron chi connectivity index (χ1n) is 6.29. The van der Waals surface area contributed by atoms with Gasteiger partial charge in [-0.1, -0.05) is 17.7 Å². The molecule has 0 fully saturated rings. The molecular formula is C15H13ClF2N2O. The molecule has 3 nitrogen and oxygen atoms in total. The van der Waals surface area contributed by atoms with E-state index in [0.717, 1.165) is 17.8 Å². The average Bonchev–Trinajstić information content (AvgIpc) is 2.43. The van der Waals surface area contributed by atoms with Crippen LogP contribution in [-0.2, 0) is 4.79 Å². The molecular weight excluding hydrogens is 298 g/mol.